The summed E-state index contributed by atoms with van der Waals surface area (Å²) in [5.41, 5.74) is -0.681. The second-order valence-electron chi connectivity index (χ2n) is 7.91. The Kier molecular flexibility index (Phi) is 5.00. The third-order valence-electron chi connectivity index (χ3n) is 6.35. The number of carbonyl (C=O) groups excluding carboxylic acids is 1. The Hall–Kier alpha value is -0.770. The number of aliphatic hydroxyl groups is 1. The molecule has 2 N–H and O–H groups in total. The van der Waals surface area contributed by atoms with Gasteiger partial charge in [-0.1, -0.05) is 0 Å². The Labute approximate surface area is 153 Å². The zero-order valence-corrected chi connectivity index (χ0v) is 15.4. The molecule has 7 unspecified atom stereocenters. The van der Waals surface area contributed by atoms with Crippen molar-refractivity contribution in [2.24, 2.45) is 5.92 Å². The molecule has 7 atom stereocenters. The first-order chi connectivity index (χ1) is 12.5. The van der Waals surface area contributed by atoms with Crippen LogP contribution in [0.15, 0.2) is 0 Å². The van der Waals surface area contributed by atoms with Crippen LogP contribution in [0.3, 0.4) is 0 Å². The number of rotatable bonds is 6. The Balaban J connectivity index is 1.47. The predicted octanol–water partition coefficient (Wildman–Crippen LogP) is -0.379. The highest BCUT2D eigenvalue weighted by molar-refractivity contribution is 5.75. The highest BCUT2D eigenvalue weighted by Crippen LogP contribution is 2.59. The molecule has 1 aliphatic carbocycles. The number of ether oxygens (including phenoxy) is 5. The van der Waals surface area contributed by atoms with Crippen molar-refractivity contribution in [3.63, 3.8) is 0 Å². The summed E-state index contributed by atoms with van der Waals surface area (Å²) in [4.78, 5) is 12.5. The second-order valence-corrected chi connectivity index (χ2v) is 7.91. The van der Waals surface area contributed by atoms with Crippen molar-refractivity contribution in [1.82, 2.24) is 5.32 Å². The van der Waals surface area contributed by atoms with Crippen molar-refractivity contribution >= 4 is 5.97 Å². The predicted molar refractivity (Wildman–Crippen MR) is 89.7 cm³/mol. The van der Waals surface area contributed by atoms with Crippen LogP contribution in [-0.4, -0.2) is 86.7 Å². The number of aliphatic hydroxyl groups excluding tert-OH is 1. The first kappa shape index (κ1) is 18.6. The largest absolute Gasteiger partial charge is 0.458 e. The number of morpholine rings is 1. The van der Waals surface area contributed by atoms with E-state index in [2.05, 4.69) is 5.32 Å². The van der Waals surface area contributed by atoms with E-state index in [-0.39, 0.29) is 42.4 Å². The fourth-order valence-corrected chi connectivity index (χ4v) is 4.85. The van der Waals surface area contributed by atoms with Crippen molar-refractivity contribution in [2.45, 2.75) is 61.8 Å². The summed E-state index contributed by atoms with van der Waals surface area (Å²) < 4.78 is 28.9. The van der Waals surface area contributed by atoms with Gasteiger partial charge in [-0.05, 0) is 26.2 Å². The van der Waals surface area contributed by atoms with Crippen molar-refractivity contribution in [2.75, 3.05) is 40.0 Å². The smallest absolute Gasteiger partial charge is 0.336 e. The van der Waals surface area contributed by atoms with E-state index in [1.807, 2.05) is 6.92 Å². The standard InChI is InChI=1S/C18H29NO7/c1-17(13(26-17)4-7-20)15-14(22-2)11(3-5-18(15)10-24-18)25-16(21)12-9-19-6-8-23-12/h11-15,19-20H,3-10H2,1-2H3. The Morgan fingerprint density at radius 3 is 2.85 bits per heavy atom. The molecule has 0 radical (unpaired) electrons. The maximum Gasteiger partial charge on any atom is 0.336 e. The van der Waals surface area contributed by atoms with Crippen LogP contribution in [0, 0.1) is 5.92 Å². The van der Waals surface area contributed by atoms with Crippen LogP contribution in [0.2, 0.25) is 0 Å². The topological polar surface area (TPSA) is 102 Å². The quantitative estimate of drug-likeness (QED) is 0.481. The molecule has 3 aliphatic heterocycles. The van der Waals surface area contributed by atoms with Crippen molar-refractivity contribution < 1.29 is 33.6 Å². The number of carbonyl (C=O) groups is 1. The minimum absolute atomic E-state index is 0.0171. The van der Waals surface area contributed by atoms with Crippen molar-refractivity contribution in [3.05, 3.63) is 0 Å². The fraction of sp³-hybridized carbons (Fsp3) is 0.944. The van der Waals surface area contributed by atoms with Gasteiger partial charge in [0.25, 0.3) is 0 Å². The molecule has 0 aromatic heterocycles. The van der Waals surface area contributed by atoms with Gasteiger partial charge in [0.2, 0.25) is 0 Å². The van der Waals surface area contributed by atoms with Gasteiger partial charge in [-0.3, -0.25) is 0 Å². The van der Waals surface area contributed by atoms with E-state index in [0.29, 0.717) is 32.6 Å². The minimum Gasteiger partial charge on any atom is -0.458 e. The van der Waals surface area contributed by atoms with E-state index < -0.39 is 11.7 Å². The lowest BCUT2D eigenvalue weighted by atomic mass is 9.68. The van der Waals surface area contributed by atoms with Crippen LogP contribution in [0.25, 0.3) is 0 Å². The van der Waals surface area contributed by atoms with E-state index >= 15 is 0 Å². The first-order valence-electron chi connectivity index (χ1n) is 9.52. The van der Waals surface area contributed by atoms with Crippen LogP contribution in [0.1, 0.15) is 26.2 Å². The highest BCUT2D eigenvalue weighted by Gasteiger charge is 2.72. The molecule has 1 spiro atoms. The summed E-state index contributed by atoms with van der Waals surface area (Å²) >= 11 is 0. The summed E-state index contributed by atoms with van der Waals surface area (Å²) in [6, 6.07) is 0. The van der Waals surface area contributed by atoms with Crippen LogP contribution in [0.4, 0.5) is 0 Å². The molecule has 4 fully saturated rings. The van der Waals surface area contributed by atoms with Gasteiger partial charge in [-0.15, -0.1) is 0 Å². The monoisotopic (exact) mass is 371 g/mol. The number of hydrogen-bond acceptors (Lipinski definition) is 8. The molecule has 0 bridgehead atoms. The Morgan fingerprint density at radius 2 is 2.23 bits per heavy atom. The second kappa shape index (κ2) is 7.00. The average molecular weight is 371 g/mol. The SMILES string of the molecule is COC1C(OC(=O)C2CNCCO2)CCC2(CO2)C1C1(C)OC1CCO. The summed E-state index contributed by atoms with van der Waals surface area (Å²) in [6.07, 6.45) is 0.852. The number of methoxy groups -OCH3 is 1. The third-order valence-corrected chi connectivity index (χ3v) is 6.35. The zero-order chi connectivity index (χ0) is 18.4. The zero-order valence-electron chi connectivity index (χ0n) is 15.4. The Bertz CT molecular complexity index is 534. The van der Waals surface area contributed by atoms with Gasteiger partial charge < -0.3 is 34.1 Å². The van der Waals surface area contributed by atoms with E-state index in [9.17, 15) is 9.90 Å². The Morgan fingerprint density at radius 1 is 1.42 bits per heavy atom. The lowest BCUT2D eigenvalue weighted by Crippen LogP contribution is -2.56. The number of esters is 1. The molecule has 8 nitrogen and oxygen atoms in total. The number of nitrogens with one attached hydrogen (secondary N) is 1. The van der Waals surface area contributed by atoms with Crippen LogP contribution >= 0.6 is 0 Å². The molecule has 0 aromatic carbocycles. The molecular formula is C18H29NO7. The van der Waals surface area contributed by atoms with E-state index in [4.69, 9.17) is 23.7 Å². The van der Waals surface area contributed by atoms with Crippen LogP contribution in [0.5, 0.6) is 0 Å². The summed E-state index contributed by atoms with van der Waals surface area (Å²) in [5.74, 6) is -0.377. The lowest BCUT2D eigenvalue weighted by molar-refractivity contribution is -0.184. The summed E-state index contributed by atoms with van der Waals surface area (Å²) in [6.45, 7) is 4.54. The molecule has 148 valence electrons. The van der Waals surface area contributed by atoms with Crippen molar-refractivity contribution in [1.29, 1.82) is 0 Å². The molecular weight excluding hydrogens is 342 g/mol. The summed E-state index contributed by atoms with van der Waals surface area (Å²) in [7, 11) is 1.64. The first-order valence-corrected chi connectivity index (χ1v) is 9.52. The normalized spacial score (nSPS) is 47.6. The number of epoxide rings is 2. The minimum atomic E-state index is -0.567. The van der Waals surface area contributed by atoms with E-state index in [0.717, 1.165) is 13.0 Å². The molecule has 4 aliphatic rings. The molecule has 0 amide bonds. The lowest BCUT2D eigenvalue weighted by Gasteiger charge is -2.43. The van der Waals surface area contributed by atoms with Crippen LogP contribution in [-0.2, 0) is 28.5 Å². The third kappa shape index (κ3) is 3.16. The van der Waals surface area contributed by atoms with Gasteiger partial charge in [-0.25, -0.2) is 4.79 Å². The van der Waals surface area contributed by atoms with Gasteiger partial charge in [-0.2, -0.15) is 0 Å². The van der Waals surface area contributed by atoms with Gasteiger partial charge >= 0.3 is 5.97 Å². The average Bonchev–Trinajstić information content (AvgIpc) is 3.56. The van der Waals surface area contributed by atoms with Gasteiger partial charge in [0, 0.05) is 26.8 Å². The van der Waals surface area contributed by atoms with Gasteiger partial charge in [0.15, 0.2) is 6.10 Å². The van der Waals surface area contributed by atoms with E-state index in [1.165, 1.54) is 0 Å². The molecule has 3 heterocycles. The molecule has 8 heteroatoms. The van der Waals surface area contributed by atoms with Crippen molar-refractivity contribution in [3.8, 4) is 0 Å². The highest BCUT2D eigenvalue weighted by atomic mass is 16.6. The number of hydrogen-bond donors (Lipinski definition) is 2. The van der Waals surface area contributed by atoms with Gasteiger partial charge in [0.1, 0.15) is 23.4 Å². The van der Waals surface area contributed by atoms with Crippen LogP contribution < -0.4 is 5.32 Å². The molecule has 1 saturated carbocycles. The van der Waals surface area contributed by atoms with Gasteiger partial charge in [0.05, 0.1) is 25.2 Å². The molecule has 26 heavy (non-hydrogen) atoms. The van der Waals surface area contributed by atoms with E-state index in [1.54, 1.807) is 7.11 Å². The molecule has 0 aromatic rings. The molecule has 3 saturated heterocycles. The fourth-order valence-electron chi connectivity index (χ4n) is 4.85. The maximum atomic E-state index is 12.5. The maximum absolute atomic E-state index is 12.5. The summed E-state index contributed by atoms with van der Waals surface area (Å²) in [5, 5.41) is 12.4. The molecule has 4 rings (SSSR count).